The first-order valence-corrected chi connectivity index (χ1v) is 5.71. The van der Waals surface area contributed by atoms with Gasteiger partial charge in [-0.3, -0.25) is 4.79 Å². The van der Waals surface area contributed by atoms with Gasteiger partial charge in [0.15, 0.2) is 6.29 Å². The minimum absolute atomic E-state index is 0.140. The normalized spacial score (nSPS) is 9.32. The zero-order valence-corrected chi connectivity index (χ0v) is 10.1. The third kappa shape index (κ3) is 3.68. The molecule has 0 aliphatic heterocycles. The lowest BCUT2D eigenvalue weighted by Gasteiger charge is -2.04. The topological polar surface area (TPSA) is 26.3 Å². The van der Waals surface area contributed by atoms with E-state index >= 15 is 0 Å². The number of halogens is 1. The van der Waals surface area contributed by atoms with Crippen LogP contribution in [0.2, 0.25) is 0 Å². The minimum Gasteiger partial charge on any atom is -0.480 e. The molecule has 0 spiro atoms. The Labute approximate surface area is 110 Å². The number of benzene rings is 2. The number of carbonyl (C=O) groups excluding carboxylic acids is 1. The monoisotopic (exact) mass is 254 g/mol. The molecule has 19 heavy (non-hydrogen) atoms. The van der Waals surface area contributed by atoms with Crippen molar-refractivity contribution in [2.75, 3.05) is 6.61 Å². The van der Waals surface area contributed by atoms with Crippen molar-refractivity contribution in [2.24, 2.45) is 0 Å². The van der Waals surface area contributed by atoms with Crippen LogP contribution in [-0.4, -0.2) is 12.9 Å². The van der Waals surface area contributed by atoms with Crippen molar-refractivity contribution in [1.82, 2.24) is 0 Å². The molecule has 0 bridgehead atoms. The van der Waals surface area contributed by atoms with Crippen LogP contribution in [0.25, 0.3) is 0 Å². The van der Waals surface area contributed by atoms with Crippen LogP contribution in [0, 0.1) is 17.7 Å². The number of ether oxygens (including phenoxy) is 1. The summed E-state index contributed by atoms with van der Waals surface area (Å²) in [6.45, 7) is 0.140. The highest BCUT2D eigenvalue weighted by molar-refractivity contribution is 5.79. The van der Waals surface area contributed by atoms with Crippen LogP contribution < -0.4 is 4.74 Å². The van der Waals surface area contributed by atoms with E-state index in [1.807, 2.05) is 30.3 Å². The number of aldehydes is 1. The van der Waals surface area contributed by atoms with Gasteiger partial charge in [-0.2, -0.15) is 0 Å². The van der Waals surface area contributed by atoms with Crippen molar-refractivity contribution in [1.29, 1.82) is 0 Å². The fraction of sp³-hybridized carbons (Fsp3) is 0.0625. The standard InChI is InChI=1S/C16H11FO2/c17-15-8-9-16(14(11-15)12-18)19-10-4-7-13-5-2-1-3-6-13/h1-3,5-6,8-9,11-12H,10H2. The van der Waals surface area contributed by atoms with Gasteiger partial charge in [-0.25, -0.2) is 4.39 Å². The van der Waals surface area contributed by atoms with Gasteiger partial charge in [0.05, 0.1) is 5.56 Å². The van der Waals surface area contributed by atoms with E-state index in [4.69, 9.17) is 4.74 Å². The molecule has 0 aliphatic carbocycles. The Kier molecular flexibility index (Phi) is 4.30. The molecular formula is C16H11FO2. The van der Waals surface area contributed by atoms with E-state index in [-0.39, 0.29) is 12.2 Å². The van der Waals surface area contributed by atoms with Crippen molar-refractivity contribution < 1.29 is 13.9 Å². The number of carbonyl (C=O) groups is 1. The van der Waals surface area contributed by atoms with Crippen LogP contribution in [-0.2, 0) is 0 Å². The summed E-state index contributed by atoms with van der Waals surface area (Å²) in [5, 5.41) is 0. The quantitative estimate of drug-likeness (QED) is 0.621. The summed E-state index contributed by atoms with van der Waals surface area (Å²) in [5.74, 6) is 5.62. The molecule has 0 saturated carbocycles. The molecule has 2 aromatic rings. The van der Waals surface area contributed by atoms with Gasteiger partial charge < -0.3 is 4.74 Å². The van der Waals surface area contributed by atoms with Crippen LogP contribution in [0.1, 0.15) is 15.9 Å². The molecule has 0 aromatic heterocycles. The molecule has 2 nitrogen and oxygen atoms in total. The summed E-state index contributed by atoms with van der Waals surface area (Å²) in [5.41, 5.74) is 1.07. The van der Waals surface area contributed by atoms with Gasteiger partial charge >= 0.3 is 0 Å². The average molecular weight is 254 g/mol. The van der Waals surface area contributed by atoms with Gasteiger partial charge in [-0.1, -0.05) is 30.0 Å². The summed E-state index contributed by atoms with van der Waals surface area (Å²) < 4.78 is 18.2. The third-order valence-electron chi connectivity index (χ3n) is 2.41. The molecule has 0 aliphatic rings. The summed E-state index contributed by atoms with van der Waals surface area (Å²) in [6, 6.07) is 13.3. The number of rotatable bonds is 3. The van der Waals surface area contributed by atoms with E-state index in [1.54, 1.807) is 0 Å². The minimum atomic E-state index is -0.468. The molecule has 94 valence electrons. The Hall–Kier alpha value is -2.60. The van der Waals surface area contributed by atoms with Crippen molar-refractivity contribution >= 4 is 6.29 Å². The third-order valence-corrected chi connectivity index (χ3v) is 2.41. The summed E-state index contributed by atoms with van der Waals surface area (Å²) >= 11 is 0. The van der Waals surface area contributed by atoms with Gasteiger partial charge in [0.1, 0.15) is 18.2 Å². The number of hydrogen-bond donors (Lipinski definition) is 0. The molecule has 0 unspecified atom stereocenters. The Balaban J connectivity index is 2.00. The maximum atomic E-state index is 12.9. The molecule has 2 rings (SSSR count). The van der Waals surface area contributed by atoms with E-state index in [1.165, 1.54) is 12.1 Å². The zero-order chi connectivity index (χ0) is 13.5. The Morgan fingerprint density at radius 1 is 1.16 bits per heavy atom. The lowest BCUT2D eigenvalue weighted by Crippen LogP contribution is -1.98. The molecule has 0 fully saturated rings. The van der Waals surface area contributed by atoms with Crippen molar-refractivity contribution in [3.05, 3.63) is 65.5 Å². The van der Waals surface area contributed by atoms with Gasteiger partial charge in [0.2, 0.25) is 0 Å². The predicted octanol–water partition coefficient (Wildman–Crippen LogP) is 3.07. The fourth-order valence-corrected chi connectivity index (χ4v) is 1.52. The second-order valence-electron chi connectivity index (χ2n) is 3.76. The van der Waals surface area contributed by atoms with E-state index in [2.05, 4.69) is 11.8 Å². The lowest BCUT2D eigenvalue weighted by atomic mass is 10.2. The van der Waals surface area contributed by atoms with E-state index in [0.29, 0.717) is 12.0 Å². The maximum Gasteiger partial charge on any atom is 0.153 e. The highest BCUT2D eigenvalue weighted by Gasteiger charge is 2.03. The molecule has 0 atom stereocenters. The number of hydrogen-bond acceptors (Lipinski definition) is 2. The Morgan fingerprint density at radius 3 is 2.68 bits per heavy atom. The molecule has 0 N–H and O–H groups in total. The maximum absolute atomic E-state index is 12.9. The van der Waals surface area contributed by atoms with Gasteiger partial charge in [-0.15, -0.1) is 0 Å². The van der Waals surface area contributed by atoms with Crippen LogP contribution in [0.3, 0.4) is 0 Å². The molecule has 3 heteroatoms. The second-order valence-corrected chi connectivity index (χ2v) is 3.76. The van der Waals surface area contributed by atoms with Crippen molar-refractivity contribution in [2.45, 2.75) is 0 Å². The SMILES string of the molecule is O=Cc1cc(F)ccc1OCC#Cc1ccccc1. The molecule has 0 heterocycles. The lowest BCUT2D eigenvalue weighted by molar-refractivity contribution is 0.111. The van der Waals surface area contributed by atoms with Crippen LogP contribution in [0.5, 0.6) is 5.75 Å². The molecule has 0 radical (unpaired) electrons. The van der Waals surface area contributed by atoms with Gasteiger partial charge in [0.25, 0.3) is 0 Å². The highest BCUT2D eigenvalue weighted by Crippen LogP contribution is 2.17. The first kappa shape index (κ1) is 12.8. The Morgan fingerprint density at radius 2 is 1.95 bits per heavy atom. The first-order valence-electron chi connectivity index (χ1n) is 5.71. The highest BCUT2D eigenvalue weighted by atomic mass is 19.1. The molecule has 0 amide bonds. The summed E-state index contributed by atoms with van der Waals surface area (Å²) in [4.78, 5) is 10.8. The summed E-state index contributed by atoms with van der Waals surface area (Å²) in [6.07, 6.45) is 0.559. The zero-order valence-electron chi connectivity index (χ0n) is 10.1. The van der Waals surface area contributed by atoms with E-state index < -0.39 is 5.82 Å². The molecule has 0 saturated heterocycles. The molecule has 2 aromatic carbocycles. The van der Waals surface area contributed by atoms with E-state index in [9.17, 15) is 9.18 Å². The average Bonchev–Trinajstić information content (AvgIpc) is 2.46. The van der Waals surface area contributed by atoms with Crippen LogP contribution in [0.15, 0.2) is 48.5 Å². The Bertz CT molecular complexity index is 624. The van der Waals surface area contributed by atoms with Gasteiger partial charge in [-0.05, 0) is 30.3 Å². The van der Waals surface area contributed by atoms with Crippen LogP contribution in [0.4, 0.5) is 4.39 Å². The van der Waals surface area contributed by atoms with E-state index in [0.717, 1.165) is 11.6 Å². The second kappa shape index (κ2) is 6.36. The van der Waals surface area contributed by atoms with Crippen molar-refractivity contribution in [3.8, 4) is 17.6 Å². The largest absolute Gasteiger partial charge is 0.480 e. The molecular weight excluding hydrogens is 243 g/mol. The predicted molar refractivity (Wildman–Crippen MR) is 70.6 cm³/mol. The van der Waals surface area contributed by atoms with Gasteiger partial charge in [0, 0.05) is 5.56 Å². The van der Waals surface area contributed by atoms with Crippen LogP contribution >= 0.6 is 0 Å². The fourth-order valence-electron chi connectivity index (χ4n) is 1.52. The van der Waals surface area contributed by atoms with Crippen molar-refractivity contribution in [3.63, 3.8) is 0 Å². The summed E-state index contributed by atoms with van der Waals surface area (Å²) in [7, 11) is 0. The first-order chi connectivity index (χ1) is 9.29. The smallest absolute Gasteiger partial charge is 0.153 e.